The molecule has 11 heavy (non-hydrogen) atoms. The molecule has 0 atom stereocenters. The molecule has 0 aliphatic carbocycles. The molecule has 0 aromatic carbocycles. The van der Waals surface area contributed by atoms with E-state index >= 15 is 0 Å². The fourth-order valence-electron chi connectivity index (χ4n) is 0.185. The van der Waals surface area contributed by atoms with E-state index in [1.807, 2.05) is 0 Å². The maximum atomic E-state index is 10.1. The fraction of sp³-hybridized carbons (Fsp3) is 0.833. The third kappa shape index (κ3) is 24.8. The summed E-state index contributed by atoms with van der Waals surface area (Å²) in [5.74, 6) is 0.224. The van der Waals surface area contributed by atoms with Gasteiger partial charge in [-0.1, -0.05) is 14.9 Å². The van der Waals surface area contributed by atoms with Gasteiger partial charge in [-0.25, -0.2) is 0 Å². The SMILES string of the molecule is C.C.COC(=O)CC[S-].[Cl-].[Sn+2]. The van der Waals surface area contributed by atoms with Crippen LogP contribution in [0.2, 0.25) is 0 Å². The zero-order chi connectivity index (χ0) is 5.70. The van der Waals surface area contributed by atoms with Crippen molar-refractivity contribution in [2.24, 2.45) is 0 Å². The van der Waals surface area contributed by atoms with Crippen molar-refractivity contribution in [3.05, 3.63) is 0 Å². The monoisotopic (exact) mass is 306 g/mol. The Morgan fingerprint density at radius 3 is 1.91 bits per heavy atom. The summed E-state index contributed by atoms with van der Waals surface area (Å²) in [4.78, 5) is 10.1. The molecule has 0 N–H and O–H groups in total. The first-order chi connectivity index (χ1) is 3.31. The van der Waals surface area contributed by atoms with Crippen molar-refractivity contribution in [2.75, 3.05) is 12.9 Å². The van der Waals surface area contributed by atoms with Gasteiger partial charge in [-0.05, 0) is 0 Å². The number of halogens is 1. The summed E-state index contributed by atoms with van der Waals surface area (Å²) in [6.07, 6.45) is 0.353. The van der Waals surface area contributed by atoms with Gasteiger partial charge in [0, 0.05) is 6.42 Å². The quantitative estimate of drug-likeness (QED) is 0.335. The normalized spacial score (nSPS) is 5.27. The summed E-state index contributed by atoms with van der Waals surface area (Å²) in [5.41, 5.74) is 0. The van der Waals surface area contributed by atoms with Gasteiger partial charge >= 0.3 is 29.9 Å². The second-order valence-corrected chi connectivity index (χ2v) is 1.44. The molecule has 0 saturated heterocycles. The van der Waals surface area contributed by atoms with Gasteiger partial charge in [0.1, 0.15) is 0 Å². The molecule has 0 rings (SSSR count). The van der Waals surface area contributed by atoms with Crippen molar-refractivity contribution in [3.8, 4) is 0 Å². The zero-order valence-corrected chi connectivity index (χ0v) is 9.44. The Morgan fingerprint density at radius 2 is 1.82 bits per heavy atom. The zero-order valence-electron chi connectivity index (χ0n) is 5.02. The molecule has 2 nitrogen and oxygen atoms in total. The third-order valence-corrected chi connectivity index (χ3v) is 0.738. The molecule has 0 aromatic rings. The molecular formula is C6H15ClO2SSn. The molecule has 0 aliphatic rings. The van der Waals surface area contributed by atoms with Crippen LogP contribution in [0.25, 0.3) is 0 Å². The summed E-state index contributed by atoms with van der Waals surface area (Å²) in [5, 5.41) is 0. The van der Waals surface area contributed by atoms with Crippen molar-refractivity contribution >= 4 is 42.5 Å². The van der Waals surface area contributed by atoms with E-state index in [1.54, 1.807) is 0 Å². The van der Waals surface area contributed by atoms with Crippen molar-refractivity contribution in [2.45, 2.75) is 21.3 Å². The van der Waals surface area contributed by atoms with E-state index in [1.165, 1.54) is 7.11 Å². The van der Waals surface area contributed by atoms with Gasteiger partial charge in [0.15, 0.2) is 0 Å². The number of ether oxygens (including phenoxy) is 1. The first kappa shape index (κ1) is 29.7. The van der Waals surface area contributed by atoms with Crippen molar-refractivity contribution in [1.82, 2.24) is 0 Å². The molecule has 5 heteroatoms. The van der Waals surface area contributed by atoms with Gasteiger partial charge in [0.05, 0.1) is 7.11 Å². The van der Waals surface area contributed by atoms with Crippen LogP contribution in [-0.2, 0) is 22.2 Å². The summed E-state index contributed by atoms with van der Waals surface area (Å²) < 4.78 is 4.28. The summed E-state index contributed by atoms with van der Waals surface area (Å²) >= 11 is 4.49. The molecule has 0 heterocycles. The van der Waals surface area contributed by atoms with E-state index in [-0.39, 0.29) is 57.1 Å². The maximum absolute atomic E-state index is 10.1. The first-order valence-electron chi connectivity index (χ1n) is 1.96. The molecular weight excluding hydrogens is 290 g/mol. The van der Waals surface area contributed by atoms with E-state index in [0.29, 0.717) is 12.2 Å². The number of carbonyl (C=O) groups is 1. The summed E-state index contributed by atoms with van der Waals surface area (Å²) in [6, 6.07) is 0. The number of carbonyl (C=O) groups excluding carboxylic acids is 1. The molecule has 0 aromatic heterocycles. The molecule has 0 spiro atoms. The summed E-state index contributed by atoms with van der Waals surface area (Å²) in [6.45, 7) is 0. The van der Waals surface area contributed by atoms with Gasteiger partial charge < -0.3 is 29.8 Å². The largest absolute Gasteiger partial charge is 2.00 e. The maximum Gasteiger partial charge on any atom is 2.00 e. The van der Waals surface area contributed by atoms with Gasteiger partial charge in [-0.2, -0.15) is 5.75 Å². The second-order valence-electron chi connectivity index (χ2n) is 1.03. The van der Waals surface area contributed by atoms with Crippen molar-refractivity contribution in [3.63, 3.8) is 0 Å². The van der Waals surface area contributed by atoms with Crippen LogP contribution in [0.1, 0.15) is 21.3 Å². The third-order valence-electron chi connectivity index (χ3n) is 0.534. The van der Waals surface area contributed by atoms with Crippen LogP contribution in [0, 0.1) is 0 Å². The fourth-order valence-corrected chi connectivity index (χ4v) is 0.352. The van der Waals surface area contributed by atoms with Crippen LogP contribution in [0.4, 0.5) is 0 Å². The van der Waals surface area contributed by atoms with Crippen LogP contribution in [-0.4, -0.2) is 42.7 Å². The topological polar surface area (TPSA) is 26.3 Å². The Labute approximate surface area is 98.2 Å². The Bertz CT molecular complexity index is 73.6. The molecule has 0 fully saturated rings. The van der Waals surface area contributed by atoms with E-state index in [0.717, 1.165) is 0 Å². The molecule has 68 valence electrons. The van der Waals surface area contributed by atoms with Crippen molar-refractivity contribution < 1.29 is 21.9 Å². The van der Waals surface area contributed by atoms with E-state index in [4.69, 9.17) is 0 Å². The summed E-state index contributed by atoms with van der Waals surface area (Å²) in [7, 11) is 1.35. The minimum atomic E-state index is -0.227. The van der Waals surface area contributed by atoms with Crippen LogP contribution < -0.4 is 12.4 Å². The van der Waals surface area contributed by atoms with Crippen LogP contribution >= 0.6 is 0 Å². The number of hydrogen-bond donors (Lipinski definition) is 0. The van der Waals surface area contributed by atoms with Gasteiger partial charge in [-0.15, -0.1) is 0 Å². The average molecular weight is 305 g/mol. The second kappa shape index (κ2) is 22.4. The molecule has 0 bridgehead atoms. The predicted molar refractivity (Wildman–Crippen MR) is 48.1 cm³/mol. The molecule has 0 aliphatic heterocycles. The first-order valence-corrected chi connectivity index (χ1v) is 2.54. The van der Waals surface area contributed by atoms with Crippen LogP contribution in [0.5, 0.6) is 0 Å². The number of hydrogen-bond acceptors (Lipinski definition) is 3. The minimum Gasteiger partial charge on any atom is -1.00 e. The van der Waals surface area contributed by atoms with E-state index in [2.05, 4.69) is 17.4 Å². The van der Waals surface area contributed by atoms with Gasteiger partial charge in [0.2, 0.25) is 0 Å². The van der Waals surface area contributed by atoms with Crippen LogP contribution in [0.3, 0.4) is 0 Å². The van der Waals surface area contributed by atoms with Crippen LogP contribution in [0.15, 0.2) is 0 Å². The Kier molecular flexibility index (Phi) is 60.6. The average Bonchev–Trinajstić information content (AvgIpc) is 1.68. The van der Waals surface area contributed by atoms with Gasteiger partial charge in [0.25, 0.3) is 0 Å². The Balaban J connectivity index is -0.0000000300. The van der Waals surface area contributed by atoms with E-state index in [9.17, 15) is 4.79 Å². The molecule has 0 saturated carbocycles. The Hall–Kier alpha value is 0.909. The smallest absolute Gasteiger partial charge is 1.00 e. The number of rotatable bonds is 2. The Morgan fingerprint density at radius 1 is 1.45 bits per heavy atom. The standard InChI is InChI=1S/C4H8O2S.2CH4.ClH.Sn/c1-6-4(5)2-3-7;;;;/h7H,2-3H2,1H3;2*1H4;1H;/q;;;;+2/p-2. The molecule has 0 amide bonds. The van der Waals surface area contributed by atoms with Gasteiger partial charge in [-0.3, -0.25) is 4.79 Å². The molecule has 2 radical (unpaired) electrons. The molecule has 0 unspecified atom stereocenters. The predicted octanol–water partition coefficient (Wildman–Crippen LogP) is -2.01. The van der Waals surface area contributed by atoms with E-state index < -0.39 is 0 Å². The minimum absolute atomic E-state index is 0. The number of methoxy groups -OCH3 is 1. The number of esters is 1. The van der Waals surface area contributed by atoms with Crippen molar-refractivity contribution in [1.29, 1.82) is 0 Å².